The topological polar surface area (TPSA) is 80.5 Å². The lowest BCUT2D eigenvalue weighted by Gasteiger charge is -2.19. The number of aromatic nitrogens is 1. The van der Waals surface area contributed by atoms with Crippen LogP contribution in [-0.4, -0.2) is 42.0 Å². The Labute approximate surface area is 125 Å². The Kier molecular flexibility index (Phi) is 5.25. The van der Waals surface area contributed by atoms with E-state index in [0.29, 0.717) is 43.0 Å². The number of carbonyl (C=O) groups excluding carboxylic acids is 1. The first kappa shape index (κ1) is 15.4. The summed E-state index contributed by atoms with van der Waals surface area (Å²) in [6.07, 6.45) is 2.44. The predicted molar refractivity (Wildman–Crippen MR) is 83.3 cm³/mol. The fourth-order valence-electron chi connectivity index (χ4n) is 2.00. The number of hydrogen-bond donors (Lipinski definition) is 2. The second-order valence-electron chi connectivity index (χ2n) is 5.26. The Morgan fingerprint density at radius 2 is 2.14 bits per heavy atom. The van der Waals surface area contributed by atoms with Crippen LogP contribution in [0.4, 0.5) is 11.5 Å². The lowest BCUT2D eigenvalue weighted by molar-refractivity contribution is -0.128. The summed E-state index contributed by atoms with van der Waals surface area (Å²) in [5.41, 5.74) is 6.38. The van der Waals surface area contributed by atoms with Crippen molar-refractivity contribution < 1.29 is 9.53 Å². The molecule has 1 saturated carbocycles. The highest BCUT2D eigenvalue weighted by Gasteiger charge is 2.22. The van der Waals surface area contributed by atoms with E-state index in [0.717, 1.165) is 0 Å². The first-order valence-corrected chi connectivity index (χ1v) is 7.55. The van der Waals surface area contributed by atoms with Crippen LogP contribution in [0.2, 0.25) is 0 Å². The molecule has 1 aromatic rings. The fourth-order valence-corrected chi connectivity index (χ4v) is 2.00. The quantitative estimate of drug-likeness (QED) is 0.762. The van der Waals surface area contributed by atoms with Crippen LogP contribution in [0.25, 0.3) is 0 Å². The van der Waals surface area contributed by atoms with Crippen LogP contribution >= 0.6 is 0 Å². The van der Waals surface area contributed by atoms with Gasteiger partial charge in [-0.3, -0.25) is 4.79 Å². The van der Waals surface area contributed by atoms with Gasteiger partial charge in [0.05, 0.1) is 18.8 Å². The van der Waals surface area contributed by atoms with Crippen molar-refractivity contribution in [2.45, 2.75) is 26.7 Å². The number of ether oxygens (including phenoxy) is 1. The average Bonchev–Trinajstić information content (AvgIpc) is 3.30. The highest BCUT2D eigenvalue weighted by Crippen LogP contribution is 2.30. The zero-order valence-corrected chi connectivity index (χ0v) is 12.8. The van der Waals surface area contributed by atoms with Crippen LogP contribution in [0, 0.1) is 5.92 Å². The zero-order chi connectivity index (χ0) is 15.2. The van der Waals surface area contributed by atoms with Crippen LogP contribution in [-0.2, 0) is 4.79 Å². The molecule has 0 aliphatic heterocycles. The Balaban J connectivity index is 1.90. The van der Waals surface area contributed by atoms with E-state index in [-0.39, 0.29) is 12.5 Å². The van der Waals surface area contributed by atoms with E-state index in [2.05, 4.69) is 10.3 Å². The van der Waals surface area contributed by atoms with Gasteiger partial charge in [0.15, 0.2) is 0 Å². The number of nitrogens with one attached hydrogen (secondary N) is 1. The van der Waals surface area contributed by atoms with E-state index in [1.165, 1.54) is 12.8 Å². The minimum Gasteiger partial charge on any atom is -0.476 e. The van der Waals surface area contributed by atoms with Gasteiger partial charge in [0.2, 0.25) is 11.8 Å². The molecule has 1 aromatic heterocycles. The number of amides is 1. The van der Waals surface area contributed by atoms with Gasteiger partial charge in [-0.15, -0.1) is 0 Å². The third-order valence-electron chi connectivity index (χ3n) is 3.58. The maximum absolute atomic E-state index is 11.9. The molecule has 1 fully saturated rings. The molecule has 3 N–H and O–H groups in total. The van der Waals surface area contributed by atoms with E-state index in [1.54, 1.807) is 17.0 Å². The normalized spacial score (nSPS) is 13.8. The molecule has 2 rings (SSSR count). The van der Waals surface area contributed by atoms with E-state index in [9.17, 15) is 4.79 Å². The molecule has 0 bridgehead atoms. The summed E-state index contributed by atoms with van der Waals surface area (Å²) in [7, 11) is 0. The largest absolute Gasteiger partial charge is 0.476 e. The molecule has 6 nitrogen and oxygen atoms in total. The molecule has 1 heterocycles. The molecule has 1 aliphatic carbocycles. The molecule has 0 aromatic carbocycles. The lowest BCUT2D eigenvalue weighted by Crippen LogP contribution is -2.35. The van der Waals surface area contributed by atoms with Gasteiger partial charge in [0.1, 0.15) is 5.82 Å². The first-order chi connectivity index (χ1) is 10.1. The first-order valence-electron chi connectivity index (χ1n) is 7.55. The van der Waals surface area contributed by atoms with E-state index < -0.39 is 0 Å². The lowest BCUT2D eigenvalue weighted by atomic mass is 10.4. The van der Waals surface area contributed by atoms with Crippen LogP contribution in [0.3, 0.4) is 0 Å². The van der Waals surface area contributed by atoms with Crippen LogP contribution in [0.5, 0.6) is 5.88 Å². The summed E-state index contributed by atoms with van der Waals surface area (Å²) in [5.74, 6) is 1.75. The van der Waals surface area contributed by atoms with Crippen molar-refractivity contribution in [1.82, 2.24) is 9.88 Å². The SMILES string of the molecule is CCN(CC)C(=O)CNc1ccc(N)c(OCC2CC2)n1. The van der Waals surface area contributed by atoms with Gasteiger partial charge in [0, 0.05) is 13.1 Å². The smallest absolute Gasteiger partial charge is 0.241 e. The molecule has 0 spiro atoms. The Morgan fingerprint density at radius 3 is 2.76 bits per heavy atom. The maximum atomic E-state index is 11.9. The fraction of sp³-hybridized carbons (Fsp3) is 0.600. The monoisotopic (exact) mass is 292 g/mol. The van der Waals surface area contributed by atoms with Gasteiger partial charge in [-0.05, 0) is 44.7 Å². The summed E-state index contributed by atoms with van der Waals surface area (Å²) in [6, 6.07) is 3.51. The number of pyridine rings is 1. The third-order valence-corrected chi connectivity index (χ3v) is 3.58. The molecular weight excluding hydrogens is 268 g/mol. The minimum absolute atomic E-state index is 0.0547. The summed E-state index contributed by atoms with van der Waals surface area (Å²) >= 11 is 0. The van der Waals surface area contributed by atoms with Crippen molar-refractivity contribution in [3.05, 3.63) is 12.1 Å². The summed E-state index contributed by atoms with van der Waals surface area (Å²) in [6.45, 7) is 6.24. The highest BCUT2D eigenvalue weighted by atomic mass is 16.5. The molecule has 116 valence electrons. The summed E-state index contributed by atoms with van der Waals surface area (Å²) in [4.78, 5) is 18.0. The summed E-state index contributed by atoms with van der Waals surface area (Å²) < 4.78 is 5.63. The number of anilines is 2. The molecule has 0 atom stereocenters. The van der Waals surface area contributed by atoms with Crippen molar-refractivity contribution in [3.63, 3.8) is 0 Å². The molecular formula is C15H24N4O2. The number of carbonyl (C=O) groups is 1. The van der Waals surface area contributed by atoms with Crippen LogP contribution in [0.15, 0.2) is 12.1 Å². The standard InChI is InChI=1S/C15H24N4O2/c1-3-19(4-2)14(20)9-17-13-8-7-12(16)15(18-13)21-10-11-5-6-11/h7-8,11H,3-6,9-10,16H2,1-2H3,(H,17,18). The average molecular weight is 292 g/mol. The maximum Gasteiger partial charge on any atom is 0.241 e. The second-order valence-corrected chi connectivity index (χ2v) is 5.26. The van der Waals surface area contributed by atoms with E-state index in [1.807, 2.05) is 13.8 Å². The van der Waals surface area contributed by atoms with Crippen molar-refractivity contribution >= 4 is 17.4 Å². The van der Waals surface area contributed by atoms with Gasteiger partial charge in [0.25, 0.3) is 0 Å². The van der Waals surface area contributed by atoms with E-state index in [4.69, 9.17) is 10.5 Å². The second kappa shape index (κ2) is 7.15. The number of nitrogens with zero attached hydrogens (tertiary/aromatic N) is 2. The van der Waals surface area contributed by atoms with Crippen molar-refractivity contribution in [2.75, 3.05) is 37.3 Å². The van der Waals surface area contributed by atoms with Gasteiger partial charge < -0.3 is 20.7 Å². The molecule has 0 radical (unpaired) electrons. The van der Waals surface area contributed by atoms with Crippen molar-refractivity contribution in [2.24, 2.45) is 5.92 Å². The predicted octanol–water partition coefficient (Wildman–Crippen LogP) is 1.73. The number of nitrogens with two attached hydrogens (primary N) is 1. The Bertz CT molecular complexity index is 485. The number of rotatable bonds is 8. The highest BCUT2D eigenvalue weighted by molar-refractivity contribution is 5.80. The molecule has 1 aliphatic rings. The van der Waals surface area contributed by atoms with Gasteiger partial charge in [-0.1, -0.05) is 0 Å². The Hall–Kier alpha value is -1.98. The molecule has 1 amide bonds. The van der Waals surface area contributed by atoms with E-state index >= 15 is 0 Å². The van der Waals surface area contributed by atoms with Crippen molar-refractivity contribution in [1.29, 1.82) is 0 Å². The van der Waals surface area contributed by atoms with Crippen LogP contribution < -0.4 is 15.8 Å². The number of hydrogen-bond acceptors (Lipinski definition) is 5. The van der Waals surface area contributed by atoms with Crippen LogP contribution in [0.1, 0.15) is 26.7 Å². The minimum atomic E-state index is 0.0547. The number of nitrogen functional groups attached to an aromatic ring is 1. The molecule has 21 heavy (non-hydrogen) atoms. The van der Waals surface area contributed by atoms with Gasteiger partial charge >= 0.3 is 0 Å². The summed E-state index contributed by atoms with van der Waals surface area (Å²) in [5, 5.41) is 3.03. The zero-order valence-electron chi connectivity index (χ0n) is 12.8. The molecule has 0 saturated heterocycles. The molecule has 6 heteroatoms. The van der Waals surface area contributed by atoms with Gasteiger partial charge in [-0.2, -0.15) is 4.98 Å². The third kappa shape index (κ3) is 4.51. The number of likely N-dealkylation sites (N-methyl/N-ethyl adjacent to an activating group) is 1. The Morgan fingerprint density at radius 1 is 1.43 bits per heavy atom. The van der Waals surface area contributed by atoms with Crippen molar-refractivity contribution in [3.8, 4) is 5.88 Å². The van der Waals surface area contributed by atoms with Gasteiger partial charge in [-0.25, -0.2) is 0 Å². The molecule has 0 unspecified atom stereocenters.